The van der Waals surface area contributed by atoms with Crippen LogP contribution in [-0.2, 0) is 24.1 Å². The SMILES string of the molecule is CN(C)C(=O)c1nc2c(s1)CCN(C(=O)Cc1ccccc1)CC2. The molecule has 1 aliphatic heterocycles. The van der Waals surface area contributed by atoms with Gasteiger partial charge in [-0.1, -0.05) is 30.3 Å². The van der Waals surface area contributed by atoms with Crippen LogP contribution < -0.4 is 0 Å². The first-order chi connectivity index (χ1) is 11.5. The van der Waals surface area contributed by atoms with Gasteiger partial charge in [-0.15, -0.1) is 11.3 Å². The Kier molecular flexibility index (Phi) is 4.94. The molecule has 3 rings (SSSR count). The smallest absolute Gasteiger partial charge is 0.282 e. The van der Waals surface area contributed by atoms with E-state index in [2.05, 4.69) is 4.98 Å². The minimum absolute atomic E-state index is 0.0508. The van der Waals surface area contributed by atoms with Crippen molar-refractivity contribution >= 4 is 23.2 Å². The Bertz CT molecular complexity index is 714. The second-order valence-corrected chi connectivity index (χ2v) is 7.22. The predicted octanol–water partition coefficient (Wildman–Crippen LogP) is 2.01. The van der Waals surface area contributed by atoms with Gasteiger partial charge in [-0.2, -0.15) is 0 Å². The number of hydrogen-bond acceptors (Lipinski definition) is 4. The van der Waals surface area contributed by atoms with Gasteiger partial charge in [0.15, 0.2) is 5.01 Å². The Labute approximate surface area is 145 Å². The monoisotopic (exact) mass is 343 g/mol. The lowest BCUT2D eigenvalue weighted by atomic mass is 10.1. The summed E-state index contributed by atoms with van der Waals surface area (Å²) in [5.41, 5.74) is 2.01. The molecule has 0 spiro atoms. The lowest BCUT2D eigenvalue weighted by molar-refractivity contribution is -0.130. The van der Waals surface area contributed by atoms with Crippen molar-refractivity contribution in [2.24, 2.45) is 0 Å². The highest BCUT2D eigenvalue weighted by atomic mass is 32.1. The molecule has 2 amide bonds. The Morgan fingerprint density at radius 3 is 2.58 bits per heavy atom. The number of carbonyl (C=O) groups is 2. The highest BCUT2D eigenvalue weighted by Gasteiger charge is 2.23. The van der Waals surface area contributed by atoms with Crippen LogP contribution in [0.4, 0.5) is 0 Å². The molecule has 0 atom stereocenters. The van der Waals surface area contributed by atoms with Crippen LogP contribution in [0.5, 0.6) is 0 Å². The second kappa shape index (κ2) is 7.13. The number of benzene rings is 1. The minimum atomic E-state index is -0.0508. The largest absolute Gasteiger partial charge is 0.343 e. The van der Waals surface area contributed by atoms with Gasteiger partial charge in [-0.05, 0) is 5.56 Å². The molecule has 0 N–H and O–H groups in total. The quantitative estimate of drug-likeness (QED) is 0.857. The number of amides is 2. The van der Waals surface area contributed by atoms with Crippen molar-refractivity contribution in [2.45, 2.75) is 19.3 Å². The standard InChI is InChI=1S/C18H21N3O2S/c1-20(2)18(23)17-19-14-8-10-21(11-9-15(14)24-17)16(22)12-13-6-4-3-5-7-13/h3-7H,8-12H2,1-2H3. The van der Waals surface area contributed by atoms with Gasteiger partial charge in [-0.25, -0.2) is 4.98 Å². The normalized spacial score (nSPS) is 14.0. The number of fused-ring (bicyclic) bond motifs is 1. The second-order valence-electron chi connectivity index (χ2n) is 6.13. The Morgan fingerprint density at radius 1 is 1.17 bits per heavy atom. The summed E-state index contributed by atoms with van der Waals surface area (Å²) in [4.78, 5) is 33.6. The molecular weight excluding hydrogens is 322 g/mol. The lowest BCUT2D eigenvalue weighted by Gasteiger charge is -2.20. The molecule has 1 aromatic carbocycles. The summed E-state index contributed by atoms with van der Waals surface area (Å²) in [6.45, 7) is 1.36. The molecule has 0 fully saturated rings. The zero-order chi connectivity index (χ0) is 17.1. The van der Waals surface area contributed by atoms with E-state index in [4.69, 9.17) is 0 Å². The first-order valence-electron chi connectivity index (χ1n) is 8.06. The van der Waals surface area contributed by atoms with Gasteiger partial charge >= 0.3 is 0 Å². The Hall–Kier alpha value is -2.21. The first-order valence-corrected chi connectivity index (χ1v) is 8.88. The third kappa shape index (κ3) is 3.64. The van der Waals surface area contributed by atoms with E-state index in [1.807, 2.05) is 35.2 Å². The van der Waals surface area contributed by atoms with E-state index in [0.717, 1.165) is 22.6 Å². The van der Waals surface area contributed by atoms with Gasteiger partial charge in [0.05, 0.1) is 12.1 Å². The number of hydrogen-bond donors (Lipinski definition) is 0. The fourth-order valence-electron chi connectivity index (χ4n) is 2.78. The van der Waals surface area contributed by atoms with Gasteiger partial charge < -0.3 is 9.80 Å². The fraction of sp³-hybridized carbons (Fsp3) is 0.389. The molecule has 126 valence electrons. The van der Waals surface area contributed by atoms with E-state index < -0.39 is 0 Å². The molecule has 1 aromatic heterocycles. The fourth-order valence-corrected chi connectivity index (χ4v) is 3.90. The maximum absolute atomic E-state index is 12.5. The van der Waals surface area contributed by atoms with E-state index in [-0.39, 0.29) is 11.8 Å². The molecule has 2 aromatic rings. The summed E-state index contributed by atoms with van der Waals surface area (Å²) >= 11 is 1.46. The van der Waals surface area contributed by atoms with Crippen LogP contribution in [0.1, 0.15) is 25.9 Å². The summed E-state index contributed by atoms with van der Waals surface area (Å²) < 4.78 is 0. The van der Waals surface area contributed by atoms with Crippen LogP contribution in [-0.4, -0.2) is 53.8 Å². The van der Waals surface area contributed by atoms with Gasteiger partial charge in [0.2, 0.25) is 5.91 Å². The number of carbonyl (C=O) groups excluding carboxylic acids is 2. The summed E-state index contributed by atoms with van der Waals surface area (Å²) in [7, 11) is 3.47. The highest BCUT2D eigenvalue weighted by molar-refractivity contribution is 7.13. The van der Waals surface area contributed by atoms with Crippen LogP contribution in [0, 0.1) is 0 Å². The summed E-state index contributed by atoms with van der Waals surface area (Å²) in [5.74, 6) is 0.103. The molecule has 24 heavy (non-hydrogen) atoms. The van der Waals surface area contributed by atoms with Crippen molar-refractivity contribution in [1.29, 1.82) is 0 Å². The first kappa shape index (κ1) is 16.6. The van der Waals surface area contributed by atoms with Gasteiger partial charge in [0.25, 0.3) is 5.91 Å². The zero-order valence-corrected chi connectivity index (χ0v) is 14.8. The number of rotatable bonds is 3. The predicted molar refractivity (Wildman–Crippen MR) is 94.3 cm³/mol. The molecule has 2 heterocycles. The third-order valence-corrected chi connectivity index (χ3v) is 5.29. The average molecular weight is 343 g/mol. The summed E-state index contributed by atoms with van der Waals surface area (Å²) in [6.07, 6.45) is 1.92. The molecule has 1 aliphatic rings. The Balaban J connectivity index is 1.65. The van der Waals surface area contributed by atoms with Crippen LogP contribution in [0.25, 0.3) is 0 Å². The molecule has 0 radical (unpaired) electrons. The molecule has 6 heteroatoms. The van der Waals surface area contributed by atoms with Crippen LogP contribution in [0.2, 0.25) is 0 Å². The van der Waals surface area contributed by atoms with E-state index >= 15 is 0 Å². The van der Waals surface area contributed by atoms with Crippen molar-refractivity contribution in [3.63, 3.8) is 0 Å². The Morgan fingerprint density at radius 2 is 1.88 bits per heavy atom. The average Bonchev–Trinajstić information content (AvgIpc) is 2.88. The van der Waals surface area contributed by atoms with Crippen molar-refractivity contribution in [1.82, 2.24) is 14.8 Å². The van der Waals surface area contributed by atoms with Gasteiger partial charge in [0, 0.05) is 44.9 Å². The van der Waals surface area contributed by atoms with Crippen molar-refractivity contribution in [3.05, 3.63) is 51.5 Å². The maximum Gasteiger partial charge on any atom is 0.282 e. The molecule has 0 aliphatic carbocycles. The highest BCUT2D eigenvalue weighted by Crippen LogP contribution is 2.24. The minimum Gasteiger partial charge on any atom is -0.343 e. The van der Waals surface area contributed by atoms with Crippen LogP contribution >= 0.6 is 11.3 Å². The van der Waals surface area contributed by atoms with Gasteiger partial charge in [0.1, 0.15) is 0 Å². The molecule has 0 bridgehead atoms. The van der Waals surface area contributed by atoms with Crippen molar-refractivity contribution < 1.29 is 9.59 Å². The van der Waals surface area contributed by atoms with Crippen molar-refractivity contribution in [3.8, 4) is 0 Å². The van der Waals surface area contributed by atoms with Crippen molar-refractivity contribution in [2.75, 3.05) is 27.2 Å². The lowest BCUT2D eigenvalue weighted by Crippen LogP contribution is -2.34. The van der Waals surface area contributed by atoms with E-state index in [9.17, 15) is 9.59 Å². The maximum atomic E-state index is 12.5. The topological polar surface area (TPSA) is 53.5 Å². The number of nitrogens with zero attached hydrogens (tertiary/aromatic N) is 3. The van der Waals surface area contributed by atoms with Crippen LogP contribution in [0.15, 0.2) is 30.3 Å². The number of aromatic nitrogens is 1. The van der Waals surface area contributed by atoms with E-state index in [1.54, 1.807) is 19.0 Å². The molecular formula is C18H21N3O2S. The van der Waals surface area contributed by atoms with E-state index in [1.165, 1.54) is 11.3 Å². The molecule has 5 nitrogen and oxygen atoms in total. The third-order valence-electron chi connectivity index (χ3n) is 4.15. The number of thiazole rings is 1. The summed E-state index contributed by atoms with van der Waals surface area (Å²) in [6, 6.07) is 9.82. The zero-order valence-electron chi connectivity index (χ0n) is 14.0. The summed E-state index contributed by atoms with van der Waals surface area (Å²) in [5, 5.41) is 0.550. The van der Waals surface area contributed by atoms with E-state index in [0.29, 0.717) is 30.9 Å². The molecule has 0 unspecified atom stereocenters. The van der Waals surface area contributed by atoms with Crippen LogP contribution in [0.3, 0.4) is 0 Å². The van der Waals surface area contributed by atoms with Gasteiger partial charge in [-0.3, -0.25) is 9.59 Å². The molecule has 0 saturated carbocycles. The molecule has 0 saturated heterocycles.